The van der Waals surface area contributed by atoms with Crippen LogP contribution in [0.3, 0.4) is 0 Å². The van der Waals surface area contributed by atoms with Crippen molar-refractivity contribution in [2.45, 2.75) is 30.7 Å². The number of unbranched alkanes of at least 4 members (excludes halogenated alkanes) is 1. The summed E-state index contributed by atoms with van der Waals surface area (Å²) in [6, 6.07) is 11.5. The van der Waals surface area contributed by atoms with Crippen LogP contribution in [0.2, 0.25) is 0 Å². The molecule has 0 bridgehead atoms. The Hall–Kier alpha value is -1.83. The van der Waals surface area contributed by atoms with Gasteiger partial charge in [0.1, 0.15) is 4.90 Å². The molecule has 0 saturated heterocycles. The molecule has 0 unspecified atom stereocenters. The Labute approximate surface area is 152 Å². The number of sulfonamides is 1. The Morgan fingerprint density at radius 2 is 1.77 bits per heavy atom. The fraction of sp³-hybridized carbons (Fsp3) is 0.368. The van der Waals surface area contributed by atoms with Crippen molar-refractivity contribution in [1.29, 1.82) is 0 Å². The van der Waals surface area contributed by atoms with Crippen molar-refractivity contribution in [3.05, 3.63) is 65.2 Å². The molecule has 0 aliphatic carbocycles. The van der Waals surface area contributed by atoms with Crippen LogP contribution >= 0.6 is 0 Å². The van der Waals surface area contributed by atoms with E-state index in [9.17, 15) is 17.2 Å². The van der Waals surface area contributed by atoms with Crippen molar-refractivity contribution in [1.82, 2.24) is 9.62 Å². The third-order valence-corrected chi connectivity index (χ3v) is 6.09. The Morgan fingerprint density at radius 1 is 1.00 bits per heavy atom. The molecule has 0 aromatic heterocycles. The summed E-state index contributed by atoms with van der Waals surface area (Å²) in [5.74, 6) is -2.51. The molecule has 0 amide bonds. The highest BCUT2D eigenvalue weighted by Gasteiger charge is 2.21. The van der Waals surface area contributed by atoms with Crippen molar-refractivity contribution in [2.75, 3.05) is 19.6 Å². The molecule has 1 aliphatic heterocycles. The smallest absolute Gasteiger partial charge is 0.243 e. The zero-order valence-corrected chi connectivity index (χ0v) is 15.2. The van der Waals surface area contributed by atoms with Gasteiger partial charge >= 0.3 is 0 Å². The second-order valence-corrected chi connectivity index (χ2v) is 8.19. The molecule has 0 radical (unpaired) electrons. The number of nitrogens with zero attached hydrogens (tertiary/aromatic N) is 1. The van der Waals surface area contributed by atoms with E-state index < -0.39 is 26.6 Å². The van der Waals surface area contributed by atoms with Crippen LogP contribution in [0.15, 0.2) is 47.4 Å². The lowest BCUT2D eigenvalue weighted by Gasteiger charge is -2.28. The fourth-order valence-electron chi connectivity index (χ4n) is 3.18. The standard InChI is InChI=1S/C19H22F2N2O2S/c20-17-8-5-9-18(19(17)21)26(24,25)22-11-3-4-12-23-13-10-15-6-1-2-7-16(15)14-23/h1-2,5-9,22H,3-4,10-14H2. The largest absolute Gasteiger partial charge is 0.299 e. The first-order chi connectivity index (χ1) is 12.5. The van der Waals surface area contributed by atoms with Gasteiger partial charge in [0.2, 0.25) is 10.0 Å². The van der Waals surface area contributed by atoms with Gasteiger partial charge in [0.25, 0.3) is 0 Å². The van der Waals surface area contributed by atoms with E-state index in [1.165, 1.54) is 17.2 Å². The van der Waals surface area contributed by atoms with Crippen molar-refractivity contribution in [3.63, 3.8) is 0 Å². The van der Waals surface area contributed by atoms with E-state index in [0.717, 1.165) is 44.6 Å². The lowest BCUT2D eigenvalue weighted by molar-refractivity contribution is 0.249. The van der Waals surface area contributed by atoms with Gasteiger partial charge in [-0.15, -0.1) is 0 Å². The van der Waals surface area contributed by atoms with Crippen LogP contribution in [0.4, 0.5) is 8.78 Å². The van der Waals surface area contributed by atoms with Crippen molar-refractivity contribution < 1.29 is 17.2 Å². The van der Waals surface area contributed by atoms with Crippen molar-refractivity contribution in [2.24, 2.45) is 0 Å². The zero-order valence-electron chi connectivity index (χ0n) is 14.4. The summed E-state index contributed by atoms with van der Waals surface area (Å²) in [4.78, 5) is 1.70. The highest BCUT2D eigenvalue weighted by molar-refractivity contribution is 7.89. The molecular formula is C19H22F2N2O2S. The van der Waals surface area contributed by atoms with E-state index in [1.807, 2.05) is 6.07 Å². The van der Waals surface area contributed by atoms with Gasteiger partial charge in [-0.3, -0.25) is 4.90 Å². The maximum absolute atomic E-state index is 13.6. The van der Waals surface area contributed by atoms with Crippen LogP contribution in [0, 0.1) is 11.6 Å². The Bertz CT molecular complexity index is 872. The van der Waals surface area contributed by atoms with Crippen LogP contribution in [0.25, 0.3) is 0 Å². The molecule has 1 heterocycles. The highest BCUT2D eigenvalue weighted by Crippen LogP contribution is 2.19. The number of hydrogen-bond donors (Lipinski definition) is 1. The molecule has 1 N–H and O–H groups in total. The van der Waals surface area contributed by atoms with Crippen LogP contribution in [-0.2, 0) is 23.0 Å². The van der Waals surface area contributed by atoms with Gasteiger partial charge in [0.05, 0.1) is 0 Å². The quantitative estimate of drug-likeness (QED) is 0.751. The topological polar surface area (TPSA) is 49.4 Å². The number of halogens is 2. The number of fused-ring (bicyclic) bond motifs is 1. The van der Waals surface area contributed by atoms with Crippen LogP contribution in [-0.4, -0.2) is 33.0 Å². The van der Waals surface area contributed by atoms with Gasteiger partial charge in [0, 0.05) is 19.6 Å². The van der Waals surface area contributed by atoms with Gasteiger partial charge < -0.3 is 0 Å². The number of benzene rings is 2. The van der Waals surface area contributed by atoms with E-state index in [-0.39, 0.29) is 6.54 Å². The summed E-state index contributed by atoms with van der Waals surface area (Å²) in [5.41, 5.74) is 2.75. The maximum atomic E-state index is 13.6. The average molecular weight is 380 g/mol. The summed E-state index contributed by atoms with van der Waals surface area (Å²) >= 11 is 0. The lowest BCUT2D eigenvalue weighted by Crippen LogP contribution is -2.32. The second-order valence-electron chi connectivity index (χ2n) is 6.45. The minimum atomic E-state index is -4.04. The van der Waals surface area contributed by atoms with Gasteiger partial charge in [0.15, 0.2) is 11.6 Å². The van der Waals surface area contributed by atoms with Gasteiger partial charge in [-0.25, -0.2) is 21.9 Å². The molecule has 4 nitrogen and oxygen atoms in total. The van der Waals surface area contributed by atoms with E-state index in [4.69, 9.17) is 0 Å². The third kappa shape index (κ3) is 4.47. The molecule has 2 aromatic carbocycles. The SMILES string of the molecule is O=S(=O)(NCCCCN1CCc2ccccc2C1)c1cccc(F)c1F. The minimum Gasteiger partial charge on any atom is -0.299 e. The molecule has 2 aromatic rings. The number of rotatable bonds is 7. The van der Waals surface area contributed by atoms with Crippen molar-refractivity contribution >= 4 is 10.0 Å². The first-order valence-corrected chi connectivity index (χ1v) is 10.2. The summed E-state index contributed by atoms with van der Waals surface area (Å²) in [6.07, 6.45) is 2.49. The molecular weight excluding hydrogens is 358 g/mol. The van der Waals surface area contributed by atoms with E-state index in [1.54, 1.807) is 0 Å². The third-order valence-electron chi connectivity index (χ3n) is 4.61. The molecule has 0 atom stereocenters. The summed E-state index contributed by atoms with van der Waals surface area (Å²) in [5, 5.41) is 0. The monoisotopic (exact) mass is 380 g/mol. The summed E-state index contributed by atoms with van der Waals surface area (Å²) < 4.78 is 53.3. The molecule has 0 spiro atoms. The molecule has 0 saturated carbocycles. The molecule has 1 aliphatic rings. The van der Waals surface area contributed by atoms with Gasteiger partial charge in [-0.2, -0.15) is 0 Å². The number of nitrogens with one attached hydrogen (secondary N) is 1. The Morgan fingerprint density at radius 3 is 2.58 bits per heavy atom. The molecule has 26 heavy (non-hydrogen) atoms. The van der Waals surface area contributed by atoms with E-state index in [0.29, 0.717) is 6.42 Å². The fourth-order valence-corrected chi connectivity index (χ4v) is 4.34. The van der Waals surface area contributed by atoms with Gasteiger partial charge in [-0.05, 0) is 49.1 Å². The second kappa shape index (κ2) is 8.24. The first-order valence-electron chi connectivity index (χ1n) is 8.70. The van der Waals surface area contributed by atoms with Crippen LogP contribution < -0.4 is 4.72 Å². The Kier molecular flexibility index (Phi) is 6.01. The van der Waals surface area contributed by atoms with E-state index >= 15 is 0 Å². The normalized spacial score (nSPS) is 15.0. The molecule has 140 valence electrons. The predicted molar refractivity (Wildman–Crippen MR) is 96.2 cm³/mol. The number of hydrogen-bond acceptors (Lipinski definition) is 3. The minimum absolute atomic E-state index is 0.197. The molecule has 0 fully saturated rings. The highest BCUT2D eigenvalue weighted by atomic mass is 32.2. The maximum Gasteiger partial charge on any atom is 0.243 e. The lowest BCUT2D eigenvalue weighted by atomic mass is 10.00. The van der Waals surface area contributed by atoms with Gasteiger partial charge in [-0.1, -0.05) is 30.3 Å². The zero-order chi connectivity index (χ0) is 18.6. The molecule has 3 rings (SSSR count). The molecule has 7 heteroatoms. The first kappa shape index (κ1) is 18.9. The van der Waals surface area contributed by atoms with Crippen LogP contribution in [0.1, 0.15) is 24.0 Å². The Balaban J connectivity index is 1.44. The van der Waals surface area contributed by atoms with Crippen LogP contribution in [0.5, 0.6) is 0 Å². The average Bonchev–Trinajstić information content (AvgIpc) is 2.63. The summed E-state index contributed by atoms with van der Waals surface area (Å²) in [6.45, 7) is 2.99. The van der Waals surface area contributed by atoms with E-state index in [2.05, 4.69) is 27.8 Å². The van der Waals surface area contributed by atoms with Crippen molar-refractivity contribution in [3.8, 4) is 0 Å². The summed E-state index contributed by atoms with van der Waals surface area (Å²) in [7, 11) is -4.04. The predicted octanol–water partition coefficient (Wildman–Crippen LogP) is 3.08.